The highest BCUT2D eigenvalue weighted by Gasteiger charge is 2.33. The van der Waals surface area contributed by atoms with Crippen LogP contribution in [-0.4, -0.2) is 18.9 Å². The molecule has 106 valence electrons. The number of ketones is 1. The second-order valence-corrected chi connectivity index (χ2v) is 5.22. The van der Waals surface area contributed by atoms with Gasteiger partial charge in [-0.2, -0.15) is 0 Å². The highest BCUT2D eigenvalue weighted by atomic mass is 16.5. The summed E-state index contributed by atoms with van der Waals surface area (Å²) in [5, 5.41) is 0. The number of esters is 1. The summed E-state index contributed by atoms with van der Waals surface area (Å²) in [6, 6.07) is 15.8. The maximum atomic E-state index is 12.5. The highest BCUT2D eigenvalue weighted by molar-refractivity contribution is 6.10. The Kier molecular flexibility index (Phi) is 3.57. The number of hydrogen-bond acceptors (Lipinski definition) is 3. The van der Waals surface area contributed by atoms with Gasteiger partial charge in [0.05, 0.1) is 7.11 Å². The zero-order valence-electron chi connectivity index (χ0n) is 11.8. The molecule has 0 saturated heterocycles. The number of benzene rings is 2. The molecule has 0 amide bonds. The Bertz CT molecular complexity index is 689. The molecule has 0 aliphatic heterocycles. The van der Waals surface area contributed by atoms with Gasteiger partial charge >= 0.3 is 5.97 Å². The first kappa shape index (κ1) is 13.6. The number of rotatable bonds is 2. The third kappa shape index (κ3) is 2.47. The van der Waals surface area contributed by atoms with Crippen molar-refractivity contribution in [2.75, 3.05) is 7.11 Å². The molecule has 0 aromatic heterocycles. The Morgan fingerprint density at radius 3 is 2.57 bits per heavy atom. The molecular formula is C18H16O3. The minimum absolute atomic E-state index is 0.124. The first-order chi connectivity index (χ1) is 10.2. The molecule has 0 bridgehead atoms. The fourth-order valence-electron chi connectivity index (χ4n) is 2.82. The summed E-state index contributed by atoms with van der Waals surface area (Å²) < 4.78 is 4.73. The average molecular weight is 280 g/mol. The number of aryl methyl sites for hydroxylation is 1. The van der Waals surface area contributed by atoms with E-state index in [0.29, 0.717) is 12.0 Å². The van der Waals surface area contributed by atoms with Gasteiger partial charge in [-0.1, -0.05) is 42.5 Å². The van der Waals surface area contributed by atoms with E-state index < -0.39 is 11.9 Å². The molecule has 3 rings (SSSR count). The van der Waals surface area contributed by atoms with E-state index in [1.165, 1.54) is 7.11 Å². The smallest absolute Gasteiger partial charge is 0.316 e. The van der Waals surface area contributed by atoms with E-state index >= 15 is 0 Å². The molecule has 2 aromatic carbocycles. The summed E-state index contributed by atoms with van der Waals surface area (Å²) >= 11 is 0. The number of hydrogen-bond donors (Lipinski definition) is 0. The van der Waals surface area contributed by atoms with Gasteiger partial charge in [0, 0.05) is 5.56 Å². The Labute approximate surface area is 123 Å². The summed E-state index contributed by atoms with van der Waals surface area (Å²) in [4.78, 5) is 24.2. The second kappa shape index (κ2) is 5.52. The normalized spacial score (nSPS) is 17.2. The van der Waals surface area contributed by atoms with Gasteiger partial charge in [0.25, 0.3) is 0 Å². The molecule has 0 saturated carbocycles. The Morgan fingerprint density at radius 2 is 1.86 bits per heavy atom. The number of Topliss-reactive ketones (excluding diaryl/α,β-unsaturated/α-hetero) is 1. The van der Waals surface area contributed by atoms with E-state index in [1.807, 2.05) is 48.5 Å². The third-order valence-corrected chi connectivity index (χ3v) is 3.99. The van der Waals surface area contributed by atoms with Crippen molar-refractivity contribution in [3.05, 3.63) is 59.7 Å². The molecule has 0 heterocycles. The van der Waals surface area contributed by atoms with Gasteiger partial charge in [0.1, 0.15) is 5.92 Å². The van der Waals surface area contributed by atoms with Gasteiger partial charge in [0.15, 0.2) is 5.78 Å². The van der Waals surface area contributed by atoms with E-state index in [4.69, 9.17) is 4.74 Å². The number of fused-ring (bicyclic) bond motifs is 1. The van der Waals surface area contributed by atoms with E-state index in [0.717, 1.165) is 23.1 Å². The molecule has 1 unspecified atom stereocenters. The van der Waals surface area contributed by atoms with Crippen LogP contribution in [0.15, 0.2) is 48.5 Å². The van der Waals surface area contributed by atoms with Crippen molar-refractivity contribution in [1.82, 2.24) is 0 Å². The minimum atomic E-state index is -0.659. The molecule has 3 heteroatoms. The van der Waals surface area contributed by atoms with Crippen molar-refractivity contribution in [3.63, 3.8) is 0 Å². The molecule has 0 radical (unpaired) electrons. The van der Waals surface area contributed by atoms with Crippen LogP contribution in [0.25, 0.3) is 11.1 Å². The van der Waals surface area contributed by atoms with Crippen LogP contribution in [0.3, 0.4) is 0 Å². The van der Waals surface area contributed by atoms with E-state index in [9.17, 15) is 9.59 Å². The van der Waals surface area contributed by atoms with Gasteiger partial charge in [-0.25, -0.2) is 0 Å². The highest BCUT2D eigenvalue weighted by Crippen LogP contribution is 2.30. The van der Waals surface area contributed by atoms with Crippen molar-refractivity contribution in [2.24, 2.45) is 5.92 Å². The van der Waals surface area contributed by atoms with Crippen LogP contribution in [0.2, 0.25) is 0 Å². The molecule has 1 atom stereocenters. The molecule has 21 heavy (non-hydrogen) atoms. The lowest BCUT2D eigenvalue weighted by Gasteiger charge is -2.22. The van der Waals surface area contributed by atoms with Crippen LogP contribution in [0.1, 0.15) is 22.3 Å². The maximum absolute atomic E-state index is 12.5. The summed E-state index contributed by atoms with van der Waals surface area (Å²) in [5.74, 6) is -1.22. The van der Waals surface area contributed by atoms with Gasteiger partial charge in [-0.3, -0.25) is 9.59 Å². The lowest BCUT2D eigenvalue weighted by atomic mass is 9.81. The predicted octanol–water partition coefficient (Wildman–Crippen LogP) is 3.27. The fourth-order valence-corrected chi connectivity index (χ4v) is 2.82. The minimum Gasteiger partial charge on any atom is -0.468 e. The fraction of sp³-hybridized carbons (Fsp3) is 0.222. The van der Waals surface area contributed by atoms with Crippen LogP contribution in [0.5, 0.6) is 0 Å². The number of ether oxygens (including phenoxy) is 1. The SMILES string of the molecule is COC(=O)C1CCc2ccc(-c3ccccc3)cc2C1=O. The molecular weight excluding hydrogens is 264 g/mol. The first-order valence-electron chi connectivity index (χ1n) is 7.01. The van der Waals surface area contributed by atoms with E-state index in [2.05, 4.69) is 0 Å². The molecule has 0 spiro atoms. The predicted molar refractivity (Wildman–Crippen MR) is 80.0 cm³/mol. The molecule has 3 nitrogen and oxygen atoms in total. The Morgan fingerprint density at radius 1 is 1.10 bits per heavy atom. The summed E-state index contributed by atoms with van der Waals surface area (Å²) in [5.41, 5.74) is 3.72. The van der Waals surface area contributed by atoms with Crippen molar-refractivity contribution >= 4 is 11.8 Å². The van der Waals surface area contributed by atoms with Gasteiger partial charge in [0.2, 0.25) is 0 Å². The standard InChI is InChI=1S/C18H16O3/c1-21-18(20)15-10-9-13-7-8-14(11-16(13)17(15)19)12-5-3-2-4-6-12/h2-8,11,15H,9-10H2,1H3. The molecule has 1 aliphatic rings. The lowest BCUT2D eigenvalue weighted by Crippen LogP contribution is -2.30. The number of carbonyl (C=O) groups excluding carboxylic acids is 2. The van der Waals surface area contributed by atoms with Crippen LogP contribution in [0, 0.1) is 5.92 Å². The molecule has 0 fully saturated rings. The second-order valence-electron chi connectivity index (χ2n) is 5.22. The van der Waals surface area contributed by atoms with Crippen LogP contribution in [-0.2, 0) is 16.0 Å². The Hall–Kier alpha value is -2.42. The summed E-state index contributed by atoms with van der Waals surface area (Å²) in [6.07, 6.45) is 1.26. The Balaban J connectivity index is 2.00. The number of methoxy groups -OCH3 is 1. The van der Waals surface area contributed by atoms with E-state index in [-0.39, 0.29) is 5.78 Å². The van der Waals surface area contributed by atoms with Crippen molar-refractivity contribution in [3.8, 4) is 11.1 Å². The summed E-state index contributed by atoms with van der Waals surface area (Å²) in [6.45, 7) is 0. The zero-order valence-corrected chi connectivity index (χ0v) is 11.8. The average Bonchev–Trinajstić information content (AvgIpc) is 2.55. The zero-order chi connectivity index (χ0) is 14.8. The van der Waals surface area contributed by atoms with Gasteiger partial charge < -0.3 is 4.74 Å². The van der Waals surface area contributed by atoms with Crippen LogP contribution < -0.4 is 0 Å². The topological polar surface area (TPSA) is 43.4 Å². The lowest BCUT2D eigenvalue weighted by molar-refractivity contribution is -0.143. The van der Waals surface area contributed by atoms with Gasteiger partial charge in [-0.15, -0.1) is 0 Å². The molecule has 2 aromatic rings. The van der Waals surface area contributed by atoms with Gasteiger partial charge in [-0.05, 0) is 35.6 Å². The van der Waals surface area contributed by atoms with Crippen molar-refractivity contribution in [1.29, 1.82) is 0 Å². The van der Waals surface area contributed by atoms with Crippen LogP contribution >= 0.6 is 0 Å². The van der Waals surface area contributed by atoms with Crippen molar-refractivity contribution < 1.29 is 14.3 Å². The number of carbonyl (C=O) groups is 2. The van der Waals surface area contributed by atoms with Crippen LogP contribution in [0.4, 0.5) is 0 Å². The largest absolute Gasteiger partial charge is 0.468 e. The molecule has 0 N–H and O–H groups in total. The summed E-state index contributed by atoms with van der Waals surface area (Å²) in [7, 11) is 1.32. The third-order valence-electron chi connectivity index (χ3n) is 3.99. The quantitative estimate of drug-likeness (QED) is 0.626. The van der Waals surface area contributed by atoms with Crippen molar-refractivity contribution in [2.45, 2.75) is 12.8 Å². The monoisotopic (exact) mass is 280 g/mol. The first-order valence-corrected chi connectivity index (χ1v) is 7.01. The maximum Gasteiger partial charge on any atom is 0.316 e. The van der Waals surface area contributed by atoms with E-state index in [1.54, 1.807) is 0 Å². The molecule has 1 aliphatic carbocycles.